The Bertz CT molecular complexity index is 1030. The second kappa shape index (κ2) is 8.68. The van der Waals surface area contributed by atoms with E-state index in [4.69, 9.17) is 14.0 Å². The van der Waals surface area contributed by atoms with Crippen molar-refractivity contribution in [3.05, 3.63) is 71.8 Å². The van der Waals surface area contributed by atoms with Crippen molar-refractivity contribution >= 4 is 23.4 Å². The average molecular weight is 416 g/mol. The van der Waals surface area contributed by atoms with Crippen molar-refractivity contribution in [3.8, 4) is 5.75 Å². The van der Waals surface area contributed by atoms with Gasteiger partial charge in [-0.2, -0.15) is 0 Å². The first-order valence-corrected chi connectivity index (χ1v) is 11.4. The first-order chi connectivity index (χ1) is 14.8. The van der Waals surface area contributed by atoms with Crippen LogP contribution in [0.3, 0.4) is 0 Å². The zero-order valence-electron chi connectivity index (χ0n) is 19.4. The first kappa shape index (κ1) is 21.9. The van der Waals surface area contributed by atoms with Gasteiger partial charge in [-0.1, -0.05) is 67.9 Å². The van der Waals surface area contributed by atoms with Gasteiger partial charge in [0, 0.05) is 5.46 Å². The minimum absolute atomic E-state index is 0.405. The highest BCUT2D eigenvalue weighted by molar-refractivity contribution is 6.66. The molecule has 0 bridgehead atoms. The van der Waals surface area contributed by atoms with E-state index in [-0.39, 0.29) is 0 Å². The third-order valence-electron chi connectivity index (χ3n) is 6.63. The van der Waals surface area contributed by atoms with Gasteiger partial charge in [-0.05, 0) is 68.5 Å². The summed E-state index contributed by atoms with van der Waals surface area (Å²) in [6.45, 7) is 11.1. The van der Waals surface area contributed by atoms with Crippen LogP contribution in [0, 0.1) is 0 Å². The molecule has 1 saturated heterocycles. The third-order valence-corrected chi connectivity index (χ3v) is 6.63. The van der Waals surface area contributed by atoms with Crippen LogP contribution in [0.4, 0.5) is 0 Å². The second-order valence-corrected chi connectivity index (χ2v) is 9.50. The molecule has 1 aliphatic rings. The fourth-order valence-electron chi connectivity index (χ4n) is 3.98. The molecule has 0 amide bonds. The maximum atomic E-state index is 6.44. The summed E-state index contributed by atoms with van der Waals surface area (Å²) in [6, 6.07) is 21.2. The molecule has 1 heterocycles. The summed E-state index contributed by atoms with van der Waals surface area (Å²) in [4.78, 5) is 0. The van der Waals surface area contributed by atoms with Gasteiger partial charge in [0.25, 0.3) is 0 Å². The molecule has 0 unspecified atom stereocenters. The summed E-state index contributed by atoms with van der Waals surface area (Å²) in [6.07, 6.45) is 3.50. The van der Waals surface area contributed by atoms with Crippen LogP contribution in [-0.2, 0) is 22.3 Å². The number of fused-ring (bicyclic) bond motifs is 1. The zero-order valence-corrected chi connectivity index (χ0v) is 19.4. The van der Waals surface area contributed by atoms with Crippen LogP contribution < -0.4 is 10.2 Å². The lowest BCUT2D eigenvalue weighted by atomic mass is 9.75. The highest BCUT2D eigenvalue weighted by Crippen LogP contribution is 2.38. The number of rotatable bonds is 7. The Morgan fingerprint density at radius 3 is 2.23 bits per heavy atom. The summed E-state index contributed by atoms with van der Waals surface area (Å²) in [7, 11) is -0.471. The molecular weight excluding hydrogens is 383 g/mol. The molecule has 162 valence electrons. The quantitative estimate of drug-likeness (QED) is 0.438. The minimum atomic E-state index is -0.471. The van der Waals surface area contributed by atoms with Crippen LogP contribution in [0.5, 0.6) is 5.75 Å². The van der Waals surface area contributed by atoms with E-state index in [1.165, 1.54) is 23.8 Å². The lowest BCUT2D eigenvalue weighted by Gasteiger charge is -2.32. The van der Waals surface area contributed by atoms with Crippen molar-refractivity contribution in [1.82, 2.24) is 0 Å². The highest BCUT2D eigenvalue weighted by atomic mass is 16.7. The lowest BCUT2D eigenvalue weighted by Crippen LogP contribution is -2.41. The van der Waals surface area contributed by atoms with Crippen LogP contribution in [-0.4, -0.2) is 18.3 Å². The largest absolute Gasteiger partial charge is 0.499 e. The molecule has 31 heavy (non-hydrogen) atoms. The van der Waals surface area contributed by atoms with E-state index in [9.17, 15) is 0 Å². The van der Waals surface area contributed by atoms with Gasteiger partial charge in [0.15, 0.2) is 0 Å². The molecule has 4 rings (SSSR count). The average Bonchev–Trinajstić information content (AvgIpc) is 2.97. The Morgan fingerprint density at radius 1 is 0.839 bits per heavy atom. The molecule has 0 aliphatic carbocycles. The molecule has 0 N–H and O–H groups in total. The first-order valence-electron chi connectivity index (χ1n) is 11.4. The number of ether oxygens (including phenoxy) is 1. The number of hydrogen-bond donors (Lipinski definition) is 0. The summed E-state index contributed by atoms with van der Waals surface area (Å²) >= 11 is 0. The van der Waals surface area contributed by atoms with Crippen LogP contribution in [0.2, 0.25) is 0 Å². The van der Waals surface area contributed by atoms with Gasteiger partial charge in [-0.3, -0.25) is 0 Å². The molecular formula is C27H33BO3. The van der Waals surface area contributed by atoms with Crippen molar-refractivity contribution in [2.45, 2.75) is 71.7 Å². The van der Waals surface area contributed by atoms with E-state index in [1.54, 1.807) is 0 Å². The van der Waals surface area contributed by atoms with E-state index in [2.05, 4.69) is 77.1 Å². The number of unbranched alkanes of at least 4 members (excludes halogenated alkanes) is 1. The fraction of sp³-hybridized carbons (Fsp3) is 0.407. The number of aryl methyl sites for hydroxylation is 1. The summed E-state index contributed by atoms with van der Waals surface area (Å²) < 4.78 is 19.2. The molecule has 0 saturated carbocycles. The minimum Gasteiger partial charge on any atom is -0.489 e. The Morgan fingerprint density at radius 2 is 1.55 bits per heavy atom. The van der Waals surface area contributed by atoms with Gasteiger partial charge in [-0.15, -0.1) is 0 Å². The predicted molar refractivity (Wildman–Crippen MR) is 129 cm³/mol. The molecule has 4 heteroatoms. The SMILES string of the molecule is CCCCc1ccc2c(B3OC(C)(C)C(C)(C)O3)c(OCc3ccccc3)ccc2c1. The zero-order chi connectivity index (χ0) is 22.1. The Kier molecular flexibility index (Phi) is 6.14. The van der Waals surface area contributed by atoms with E-state index in [0.29, 0.717) is 6.61 Å². The van der Waals surface area contributed by atoms with E-state index in [1.807, 2.05) is 18.2 Å². The highest BCUT2D eigenvalue weighted by Gasteiger charge is 2.53. The molecule has 3 aromatic rings. The van der Waals surface area contributed by atoms with Gasteiger partial charge in [-0.25, -0.2) is 0 Å². The second-order valence-electron chi connectivity index (χ2n) is 9.50. The lowest BCUT2D eigenvalue weighted by molar-refractivity contribution is 0.00578. The molecule has 0 atom stereocenters. The topological polar surface area (TPSA) is 27.7 Å². The summed E-state index contributed by atoms with van der Waals surface area (Å²) in [5.74, 6) is 0.816. The van der Waals surface area contributed by atoms with Crippen molar-refractivity contribution in [2.24, 2.45) is 0 Å². The normalized spacial score (nSPS) is 17.3. The Labute approximate surface area is 186 Å². The standard InChI is InChI=1S/C27H33BO3/c1-6-7-11-20-14-16-23-22(18-20)15-17-24(29-19-21-12-9-8-10-13-21)25(23)28-30-26(2,3)27(4,5)31-28/h8-10,12-18H,6-7,11,19H2,1-5H3. The monoisotopic (exact) mass is 416 g/mol. The Hall–Kier alpha value is -2.30. The summed E-state index contributed by atoms with van der Waals surface area (Å²) in [5, 5.41) is 2.33. The summed E-state index contributed by atoms with van der Waals surface area (Å²) in [5.41, 5.74) is 2.67. The smallest absolute Gasteiger partial charge is 0.489 e. The number of hydrogen-bond acceptors (Lipinski definition) is 3. The van der Waals surface area contributed by atoms with Gasteiger partial charge in [0.1, 0.15) is 12.4 Å². The van der Waals surface area contributed by atoms with Crippen molar-refractivity contribution in [3.63, 3.8) is 0 Å². The molecule has 3 nitrogen and oxygen atoms in total. The van der Waals surface area contributed by atoms with Gasteiger partial charge >= 0.3 is 7.12 Å². The van der Waals surface area contributed by atoms with Crippen molar-refractivity contribution in [2.75, 3.05) is 0 Å². The Balaban J connectivity index is 1.74. The molecule has 1 aliphatic heterocycles. The van der Waals surface area contributed by atoms with Gasteiger partial charge in [0.2, 0.25) is 0 Å². The molecule has 0 spiro atoms. The van der Waals surface area contributed by atoms with E-state index < -0.39 is 18.3 Å². The van der Waals surface area contributed by atoms with Crippen LogP contribution in [0.15, 0.2) is 60.7 Å². The van der Waals surface area contributed by atoms with Gasteiger partial charge in [0.05, 0.1) is 11.2 Å². The molecule has 0 aromatic heterocycles. The van der Waals surface area contributed by atoms with Crippen molar-refractivity contribution < 1.29 is 14.0 Å². The molecule has 3 aromatic carbocycles. The maximum absolute atomic E-state index is 6.44. The van der Waals surface area contributed by atoms with E-state index in [0.717, 1.165) is 28.6 Å². The van der Waals surface area contributed by atoms with Crippen LogP contribution in [0.25, 0.3) is 10.8 Å². The van der Waals surface area contributed by atoms with Crippen molar-refractivity contribution in [1.29, 1.82) is 0 Å². The fourth-order valence-corrected chi connectivity index (χ4v) is 3.98. The van der Waals surface area contributed by atoms with Crippen LogP contribution >= 0.6 is 0 Å². The number of benzene rings is 3. The maximum Gasteiger partial charge on any atom is 0.499 e. The van der Waals surface area contributed by atoms with Gasteiger partial charge < -0.3 is 14.0 Å². The van der Waals surface area contributed by atoms with E-state index >= 15 is 0 Å². The third kappa shape index (κ3) is 4.51. The molecule has 1 fully saturated rings. The molecule has 0 radical (unpaired) electrons. The van der Waals surface area contributed by atoms with Crippen LogP contribution in [0.1, 0.15) is 58.6 Å². The predicted octanol–water partition coefficient (Wildman–Crippen LogP) is 6.06.